The summed E-state index contributed by atoms with van der Waals surface area (Å²) in [7, 11) is 4.79. The third kappa shape index (κ3) is 2.90. The molecular weight excluding hydrogens is 288 g/mol. The molecule has 0 aliphatic rings. The minimum absolute atomic E-state index is 0.331. The molecule has 0 radical (unpaired) electrons. The Bertz CT molecular complexity index is 638. The monoisotopic (exact) mass is 308 g/mol. The van der Waals surface area contributed by atoms with Crippen molar-refractivity contribution in [3.05, 3.63) is 17.1 Å². The van der Waals surface area contributed by atoms with Crippen LogP contribution in [-0.2, 0) is 0 Å². The van der Waals surface area contributed by atoms with Crippen LogP contribution in [0.5, 0.6) is 17.2 Å². The Morgan fingerprint density at radius 1 is 1.00 bits per heavy atom. The molecule has 114 valence electrons. The zero-order chi connectivity index (χ0) is 15.6. The predicted molar refractivity (Wildman–Crippen MR) is 85.7 cm³/mol. The van der Waals surface area contributed by atoms with Gasteiger partial charge in [-0.1, -0.05) is 13.8 Å². The third-order valence-corrected chi connectivity index (χ3v) is 4.31. The number of nitrogen functional groups attached to an aromatic ring is 1. The van der Waals surface area contributed by atoms with Crippen molar-refractivity contribution in [2.24, 2.45) is 0 Å². The molecule has 1 aromatic carbocycles. The maximum absolute atomic E-state index is 6.13. The van der Waals surface area contributed by atoms with Crippen LogP contribution in [0.4, 0.5) is 5.00 Å². The number of methoxy groups -OCH3 is 3. The van der Waals surface area contributed by atoms with Crippen LogP contribution in [0, 0.1) is 0 Å². The van der Waals surface area contributed by atoms with E-state index in [9.17, 15) is 0 Å². The lowest BCUT2D eigenvalue weighted by atomic mass is 10.1. The highest BCUT2D eigenvalue weighted by molar-refractivity contribution is 7.16. The van der Waals surface area contributed by atoms with E-state index < -0.39 is 0 Å². The predicted octanol–water partition coefficient (Wildman–Crippen LogP) is 3.54. The van der Waals surface area contributed by atoms with Gasteiger partial charge in [-0.25, -0.2) is 4.98 Å². The highest BCUT2D eigenvalue weighted by Crippen LogP contribution is 2.43. The van der Waals surface area contributed by atoms with Crippen molar-refractivity contribution in [1.82, 2.24) is 4.98 Å². The Kier molecular flexibility index (Phi) is 4.57. The molecule has 1 heterocycles. The summed E-state index contributed by atoms with van der Waals surface area (Å²) < 4.78 is 16.1. The molecule has 21 heavy (non-hydrogen) atoms. The van der Waals surface area contributed by atoms with E-state index in [-0.39, 0.29) is 0 Å². The quantitative estimate of drug-likeness (QED) is 0.915. The SMILES string of the molecule is COc1cc(OC)c(-c2nc(C(C)C)sc2N)cc1OC. The molecule has 0 atom stereocenters. The highest BCUT2D eigenvalue weighted by Gasteiger charge is 2.19. The average molecular weight is 308 g/mol. The first-order valence-electron chi connectivity index (χ1n) is 6.58. The molecule has 0 saturated carbocycles. The van der Waals surface area contributed by atoms with Crippen LogP contribution in [0.3, 0.4) is 0 Å². The topological polar surface area (TPSA) is 66.6 Å². The van der Waals surface area contributed by atoms with E-state index in [1.807, 2.05) is 6.07 Å². The third-order valence-electron chi connectivity index (χ3n) is 3.12. The summed E-state index contributed by atoms with van der Waals surface area (Å²) in [5, 5.41) is 1.67. The maximum atomic E-state index is 6.13. The zero-order valence-corrected chi connectivity index (χ0v) is 13.7. The van der Waals surface area contributed by atoms with E-state index in [0.29, 0.717) is 28.2 Å². The van der Waals surface area contributed by atoms with Crippen LogP contribution in [0.1, 0.15) is 24.8 Å². The first kappa shape index (κ1) is 15.4. The lowest BCUT2D eigenvalue weighted by Crippen LogP contribution is -1.96. The number of thiazole rings is 1. The fraction of sp³-hybridized carbons (Fsp3) is 0.400. The molecule has 2 N–H and O–H groups in total. The van der Waals surface area contributed by atoms with Gasteiger partial charge in [0.2, 0.25) is 0 Å². The molecule has 6 heteroatoms. The Balaban J connectivity index is 2.62. The summed E-state index contributed by atoms with van der Waals surface area (Å²) in [6, 6.07) is 3.62. The first-order valence-corrected chi connectivity index (χ1v) is 7.40. The normalized spacial score (nSPS) is 10.8. The van der Waals surface area contributed by atoms with E-state index in [1.54, 1.807) is 27.4 Å². The minimum atomic E-state index is 0.331. The zero-order valence-electron chi connectivity index (χ0n) is 12.9. The summed E-state index contributed by atoms with van der Waals surface area (Å²) in [4.78, 5) is 4.64. The van der Waals surface area contributed by atoms with Gasteiger partial charge in [0.1, 0.15) is 16.4 Å². The molecule has 0 aliphatic heterocycles. The van der Waals surface area contributed by atoms with Crippen molar-refractivity contribution in [1.29, 1.82) is 0 Å². The standard InChI is InChI=1S/C15H20N2O3S/c1-8(2)15-17-13(14(16)21-15)9-6-11(19-4)12(20-5)7-10(9)18-3/h6-8H,16H2,1-5H3. The lowest BCUT2D eigenvalue weighted by molar-refractivity contribution is 0.349. The van der Waals surface area contributed by atoms with Gasteiger partial charge >= 0.3 is 0 Å². The van der Waals surface area contributed by atoms with Crippen LogP contribution < -0.4 is 19.9 Å². The second kappa shape index (κ2) is 6.22. The number of ether oxygens (including phenoxy) is 3. The molecular formula is C15H20N2O3S. The van der Waals surface area contributed by atoms with Gasteiger partial charge in [0.15, 0.2) is 11.5 Å². The number of nitrogens with zero attached hydrogens (tertiary/aromatic N) is 1. The molecule has 0 fully saturated rings. The smallest absolute Gasteiger partial charge is 0.164 e. The van der Waals surface area contributed by atoms with Crippen molar-refractivity contribution < 1.29 is 14.2 Å². The fourth-order valence-corrected chi connectivity index (χ4v) is 2.85. The average Bonchev–Trinajstić information content (AvgIpc) is 2.87. The maximum Gasteiger partial charge on any atom is 0.164 e. The fourth-order valence-electron chi connectivity index (χ4n) is 2.00. The van der Waals surface area contributed by atoms with E-state index in [2.05, 4.69) is 18.8 Å². The lowest BCUT2D eigenvalue weighted by Gasteiger charge is -2.13. The van der Waals surface area contributed by atoms with Gasteiger partial charge in [0.05, 0.1) is 26.3 Å². The molecule has 0 saturated heterocycles. The number of aromatic nitrogens is 1. The van der Waals surface area contributed by atoms with Crippen LogP contribution in [0.2, 0.25) is 0 Å². The summed E-state index contributed by atoms with van der Waals surface area (Å²) in [5.41, 5.74) is 7.65. The highest BCUT2D eigenvalue weighted by atomic mass is 32.1. The minimum Gasteiger partial charge on any atom is -0.496 e. The molecule has 0 amide bonds. The summed E-state index contributed by atoms with van der Waals surface area (Å²) in [6.07, 6.45) is 0. The van der Waals surface area contributed by atoms with Crippen LogP contribution in [0.15, 0.2) is 12.1 Å². The molecule has 5 nitrogen and oxygen atoms in total. The Hall–Kier alpha value is -1.95. The van der Waals surface area contributed by atoms with Gasteiger partial charge in [-0.15, -0.1) is 11.3 Å². The Morgan fingerprint density at radius 2 is 1.57 bits per heavy atom. The summed E-state index contributed by atoms with van der Waals surface area (Å²) >= 11 is 1.50. The van der Waals surface area contributed by atoms with Crippen molar-refractivity contribution in [3.8, 4) is 28.5 Å². The second-order valence-electron chi connectivity index (χ2n) is 4.83. The first-order chi connectivity index (χ1) is 10.0. The largest absolute Gasteiger partial charge is 0.496 e. The van der Waals surface area contributed by atoms with Gasteiger partial charge in [-0.2, -0.15) is 0 Å². The Labute approximate surface area is 128 Å². The molecule has 2 aromatic rings. The summed E-state index contributed by atoms with van der Waals surface area (Å²) in [5.74, 6) is 2.21. The van der Waals surface area contributed by atoms with E-state index in [1.165, 1.54) is 11.3 Å². The van der Waals surface area contributed by atoms with E-state index in [0.717, 1.165) is 16.3 Å². The van der Waals surface area contributed by atoms with Crippen LogP contribution in [0.25, 0.3) is 11.3 Å². The molecule has 0 aliphatic carbocycles. The number of anilines is 1. The number of benzene rings is 1. The van der Waals surface area contributed by atoms with Crippen LogP contribution >= 0.6 is 11.3 Å². The van der Waals surface area contributed by atoms with Crippen molar-refractivity contribution in [2.75, 3.05) is 27.1 Å². The molecule has 0 unspecified atom stereocenters. The van der Waals surface area contributed by atoms with Crippen molar-refractivity contribution in [2.45, 2.75) is 19.8 Å². The number of hydrogen-bond donors (Lipinski definition) is 1. The summed E-state index contributed by atoms with van der Waals surface area (Å²) in [6.45, 7) is 4.18. The van der Waals surface area contributed by atoms with Gasteiger partial charge in [-0.3, -0.25) is 0 Å². The van der Waals surface area contributed by atoms with Gasteiger partial charge < -0.3 is 19.9 Å². The number of nitrogens with two attached hydrogens (primary N) is 1. The molecule has 0 bridgehead atoms. The van der Waals surface area contributed by atoms with Crippen molar-refractivity contribution >= 4 is 16.3 Å². The molecule has 1 aromatic heterocycles. The van der Waals surface area contributed by atoms with Crippen molar-refractivity contribution in [3.63, 3.8) is 0 Å². The van der Waals surface area contributed by atoms with Gasteiger partial charge in [-0.05, 0) is 6.07 Å². The second-order valence-corrected chi connectivity index (χ2v) is 5.89. The van der Waals surface area contributed by atoms with E-state index in [4.69, 9.17) is 19.9 Å². The van der Waals surface area contributed by atoms with Gasteiger partial charge in [0, 0.05) is 17.5 Å². The molecule has 2 rings (SSSR count). The molecule has 0 spiro atoms. The van der Waals surface area contributed by atoms with Crippen LogP contribution in [-0.4, -0.2) is 26.3 Å². The number of hydrogen-bond acceptors (Lipinski definition) is 6. The number of rotatable bonds is 5. The Morgan fingerprint density at radius 3 is 2.05 bits per heavy atom. The van der Waals surface area contributed by atoms with E-state index >= 15 is 0 Å². The van der Waals surface area contributed by atoms with Gasteiger partial charge in [0.25, 0.3) is 0 Å².